The average molecular weight is 302 g/mol. The second kappa shape index (κ2) is 4.98. The van der Waals surface area contributed by atoms with Gasteiger partial charge in [0.25, 0.3) is 0 Å². The Morgan fingerprint density at radius 2 is 1.05 bits per heavy atom. The van der Waals surface area contributed by atoms with Gasteiger partial charge in [-0.25, -0.2) is 0 Å². The van der Waals surface area contributed by atoms with E-state index in [1.165, 1.54) is 33.0 Å². The van der Waals surface area contributed by atoms with Crippen LogP contribution in [0.5, 0.6) is 0 Å². The summed E-state index contributed by atoms with van der Waals surface area (Å²) in [7, 11) is 0. The molecule has 90 valence electrons. The predicted octanol–water partition coefficient (Wildman–Crippen LogP) is 4.01. The van der Waals surface area contributed by atoms with E-state index >= 15 is 0 Å². The summed E-state index contributed by atoms with van der Waals surface area (Å²) >= 11 is 0. The molecule has 0 aliphatic heterocycles. The van der Waals surface area contributed by atoms with Crippen molar-refractivity contribution in [2.75, 3.05) is 0 Å². The van der Waals surface area contributed by atoms with Gasteiger partial charge >= 0.3 is 19.5 Å². The average Bonchev–Trinajstić information content (AvgIpc) is 2.38. The Morgan fingerprint density at radius 3 is 1.42 bits per heavy atom. The molecule has 3 rings (SSSR count). The first-order chi connectivity index (χ1) is 8.59. The molecule has 2 aromatic heterocycles. The molecule has 0 aliphatic carbocycles. The molecule has 0 fully saturated rings. The largest absolute Gasteiger partial charge is 2.00 e. The molecule has 0 spiro atoms. The summed E-state index contributed by atoms with van der Waals surface area (Å²) in [5, 5.41) is 2.41. The maximum absolute atomic E-state index is 4.58. The number of aryl methyl sites for hydroxylation is 4. The molecule has 0 amide bonds. The smallest absolute Gasteiger partial charge is 0.254 e. The number of nitrogens with zero attached hydrogens (tertiary/aromatic N) is 2. The molecule has 1 aromatic carbocycles. The Kier molecular flexibility index (Phi) is 3.69. The zero-order valence-corrected chi connectivity index (χ0v) is 14.9. The van der Waals surface area contributed by atoms with Crippen molar-refractivity contribution in [3.8, 4) is 0 Å². The minimum Gasteiger partial charge on any atom is -0.254 e. The summed E-state index contributed by atoms with van der Waals surface area (Å²) in [5.41, 5.74) is 7.07. The molecule has 0 saturated carbocycles. The van der Waals surface area contributed by atoms with Crippen LogP contribution < -0.4 is 0 Å². The van der Waals surface area contributed by atoms with Gasteiger partial charge in [0.2, 0.25) is 0 Å². The first-order valence-corrected chi connectivity index (χ1v) is 6.20. The van der Waals surface area contributed by atoms with Gasteiger partial charge in [-0.05, 0) is 49.9 Å². The van der Waals surface area contributed by atoms with Crippen LogP contribution in [0, 0.1) is 27.7 Å². The molecule has 0 saturated heterocycles. The van der Waals surface area contributed by atoms with E-state index in [2.05, 4.69) is 49.8 Å². The molecular weight excluding hydrogens is 286 g/mol. The van der Waals surface area contributed by atoms with Gasteiger partial charge in [0.15, 0.2) is 0 Å². The van der Waals surface area contributed by atoms with Gasteiger partial charge in [-0.2, -0.15) is 0 Å². The van der Waals surface area contributed by atoms with Crippen LogP contribution in [0.25, 0.3) is 21.8 Å². The molecular formula is C16H16N2Zn+2. The maximum Gasteiger partial charge on any atom is 2.00 e. The van der Waals surface area contributed by atoms with Gasteiger partial charge in [-0.15, -0.1) is 0 Å². The van der Waals surface area contributed by atoms with Crippen LogP contribution in [0.15, 0.2) is 24.5 Å². The maximum atomic E-state index is 4.58. The molecule has 0 bridgehead atoms. The molecule has 0 radical (unpaired) electrons. The number of hydrogen-bond donors (Lipinski definition) is 0. The third kappa shape index (κ3) is 2.06. The summed E-state index contributed by atoms with van der Waals surface area (Å²) in [6, 6.07) is 4.34. The number of aromatic nitrogens is 2. The second-order valence-electron chi connectivity index (χ2n) is 4.99. The number of fused-ring (bicyclic) bond motifs is 3. The van der Waals surface area contributed by atoms with Gasteiger partial charge in [0.1, 0.15) is 0 Å². The van der Waals surface area contributed by atoms with Crippen LogP contribution in [-0.4, -0.2) is 9.97 Å². The topological polar surface area (TPSA) is 25.8 Å². The monoisotopic (exact) mass is 300 g/mol. The van der Waals surface area contributed by atoms with E-state index in [4.69, 9.17) is 0 Å². The van der Waals surface area contributed by atoms with Crippen LogP contribution in [0.2, 0.25) is 0 Å². The van der Waals surface area contributed by atoms with E-state index in [1.807, 2.05) is 12.4 Å². The summed E-state index contributed by atoms with van der Waals surface area (Å²) in [6.45, 7) is 8.48. The van der Waals surface area contributed by atoms with E-state index in [9.17, 15) is 0 Å². The van der Waals surface area contributed by atoms with Crippen molar-refractivity contribution in [1.82, 2.24) is 9.97 Å². The third-order valence-electron chi connectivity index (χ3n) is 3.92. The standard InChI is InChI=1S/C16H16N2.Zn/c1-9-7-17-15-13(11(9)3)5-6-14-12(4)10(2)8-18-16(14)15;/h5-8H,1-4H3;/q;+2. The third-order valence-corrected chi connectivity index (χ3v) is 3.92. The minimum absolute atomic E-state index is 0. The van der Waals surface area contributed by atoms with Crippen molar-refractivity contribution >= 4 is 21.8 Å². The Labute approximate surface area is 126 Å². The second-order valence-corrected chi connectivity index (χ2v) is 4.99. The van der Waals surface area contributed by atoms with Crippen molar-refractivity contribution in [2.45, 2.75) is 27.7 Å². The Balaban J connectivity index is 0.00000133. The Morgan fingerprint density at radius 1 is 0.684 bits per heavy atom. The molecule has 0 aliphatic rings. The summed E-state index contributed by atoms with van der Waals surface area (Å²) in [4.78, 5) is 9.16. The van der Waals surface area contributed by atoms with Gasteiger partial charge < -0.3 is 0 Å². The molecule has 3 aromatic rings. The van der Waals surface area contributed by atoms with E-state index < -0.39 is 0 Å². The van der Waals surface area contributed by atoms with Crippen molar-refractivity contribution < 1.29 is 19.5 Å². The molecule has 0 N–H and O–H groups in total. The fraction of sp³-hybridized carbons (Fsp3) is 0.250. The quantitative estimate of drug-likeness (QED) is 0.463. The SMILES string of the molecule is Cc1cnc2c(ccc3c(C)c(C)cnc32)c1C.[Zn+2]. The van der Waals surface area contributed by atoms with Crippen LogP contribution in [0.1, 0.15) is 22.3 Å². The van der Waals surface area contributed by atoms with E-state index in [1.54, 1.807) is 0 Å². The molecule has 3 heteroatoms. The first-order valence-electron chi connectivity index (χ1n) is 6.20. The van der Waals surface area contributed by atoms with Crippen LogP contribution >= 0.6 is 0 Å². The van der Waals surface area contributed by atoms with Crippen LogP contribution in [-0.2, 0) is 19.5 Å². The Hall–Kier alpha value is -1.34. The molecule has 2 heterocycles. The number of hydrogen-bond acceptors (Lipinski definition) is 2. The van der Waals surface area contributed by atoms with Crippen LogP contribution in [0.4, 0.5) is 0 Å². The predicted molar refractivity (Wildman–Crippen MR) is 76.0 cm³/mol. The van der Waals surface area contributed by atoms with Crippen molar-refractivity contribution in [3.63, 3.8) is 0 Å². The number of rotatable bonds is 0. The van der Waals surface area contributed by atoms with Gasteiger partial charge in [0, 0.05) is 23.2 Å². The number of pyridine rings is 2. The minimum atomic E-state index is 0. The van der Waals surface area contributed by atoms with Crippen molar-refractivity contribution in [2.24, 2.45) is 0 Å². The van der Waals surface area contributed by atoms with Gasteiger partial charge in [-0.3, -0.25) is 9.97 Å². The molecule has 0 atom stereocenters. The van der Waals surface area contributed by atoms with Crippen molar-refractivity contribution in [1.29, 1.82) is 0 Å². The van der Waals surface area contributed by atoms with E-state index in [-0.39, 0.29) is 19.5 Å². The fourth-order valence-corrected chi connectivity index (χ4v) is 2.39. The molecule has 19 heavy (non-hydrogen) atoms. The van der Waals surface area contributed by atoms with Gasteiger partial charge in [0.05, 0.1) is 11.0 Å². The fourth-order valence-electron chi connectivity index (χ4n) is 2.39. The van der Waals surface area contributed by atoms with Gasteiger partial charge in [-0.1, -0.05) is 12.1 Å². The van der Waals surface area contributed by atoms with Crippen LogP contribution in [0.3, 0.4) is 0 Å². The first kappa shape index (κ1) is 14.1. The van der Waals surface area contributed by atoms with E-state index in [0.29, 0.717) is 0 Å². The molecule has 0 unspecified atom stereocenters. The summed E-state index contributed by atoms with van der Waals surface area (Å²) in [6.07, 6.45) is 3.88. The Bertz CT molecular complexity index is 712. The normalized spacial score (nSPS) is 10.7. The summed E-state index contributed by atoms with van der Waals surface area (Å²) < 4.78 is 0. The van der Waals surface area contributed by atoms with E-state index in [0.717, 1.165) is 11.0 Å². The zero-order chi connectivity index (χ0) is 12.9. The van der Waals surface area contributed by atoms with Crippen molar-refractivity contribution in [3.05, 3.63) is 46.8 Å². The molecule has 2 nitrogen and oxygen atoms in total. The zero-order valence-electron chi connectivity index (χ0n) is 11.9. The summed E-state index contributed by atoms with van der Waals surface area (Å²) in [5.74, 6) is 0. The number of benzene rings is 1.